The fourth-order valence-electron chi connectivity index (χ4n) is 1.57. The lowest BCUT2D eigenvalue weighted by Gasteiger charge is -1.93. The maximum Gasteiger partial charge on any atom is 0.172 e. The number of fused-ring (bicyclic) bond motifs is 1. The summed E-state index contributed by atoms with van der Waals surface area (Å²) in [6.07, 6.45) is 3.33. The maximum atomic E-state index is 12.1. The summed E-state index contributed by atoms with van der Waals surface area (Å²) >= 11 is 0. The molecule has 19 heavy (non-hydrogen) atoms. The average molecular weight is 260 g/mol. The lowest BCUT2D eigenvalue weighted by atomic mass is 10.2. The number of nitrogens with two attached hydrogens (primary N) is 1. The highest BCUT2D eigenvalue weighted by Crippen LogP contribution is 2.27. The first-order valence-electron chi connectivity index (χ1n) is 5.56. The highest BCUT2D eigenvalue weighted by Gasteiger charge is 2.07. The van der Waals surface area contributed by atoms with Gasteiger partial charge in [0.1, 0.15) is 17.2 Å². The van der Waals surface area contributed by atoms with Crippen LogP contribution >= 0.6 is 0 Å². The van der Waals surface area contributed by atoms with E-state index in [0.29, 0.717) is 22.8 Å². The summed E-state index contributed by atoms with van der Waals surface area (Å²) < 4.78 is 17.7. The molecule has 2 N–H and O–H groups in total. The van der Waals surface area contributed by atoms with E-state index in [1.165, 1.54) is 6.07 Å². The van der Waals surface area contributed by atoms with Gasteiger partial charge < -0.3 is 10.2 Å². The van der Waals surface area contributed by atoms with Gasteiger partial charge in [-0.15, -0.1) is 0 Å². The molecule has 2 aromatic rings. The number of furan rings is 1. The van der Waals surface area contributed by atoms with E-state index in [0.717, 1.165) is 5.39 Å². The summed E-state index contributed by atoms with van der Waals surface area (Å²) in [7, 11) is 1.60. The van der Waals surface area contributed by atoms with E-state index in [1.807, 2.05) is 0 Å². The second kappa shape index (κ2) is 5.39. The quantitative estimate of drug-likeness (QED) is 0.521. The highest BCUT2D eigenvalue weighted by molar-refractivity contribution is 5.94. The van der Waals surface area contributed by atoms with Gasteiger partial charge in [0, 0.05) is 22.5 Å². The number of benzene rings is 1. The summed E-state index contributed by atoms with van der Waals surface area (Å²) in [4.78, 5) is 7.47. The number of amidine groups is 1. The van der Waals surface area contributed by atoms with E-state index < -0.39 is 0 Å². The Labute approximate surface area is 109 Å². The Morgan fingerprint density at radius 2 is 2.21 bits per heavy atom. The third-order valence-corrected chi connectivity index (χ3v) is 2.61. The molecule has 0 saturated heterocycles. The molecule has 0 saturated carbocycles. The molecule has 98 valence electrons. The molecule has 0 unspecified atom stereocenters. The first kappa shape index (κ1) is 12.9. The number of aliphatic imine (C=N–C) groups is 1. The molecule has 0 spiro atoms. The van der Waals surface area contributed by atoms with Gasteiger partial charge in [0.25, 0.3) is 0 Å². The van der Waals surface area contributed by atoms with Crippen LogP contribution in [0, 0.1) is 0 Å². The largest absolute Gasteiger partial charge is 0.456 e. The normalized spacial score (nSPS) is 12.2. The molecule has 1 heterocycles. The minimum atomic E-state index is 0.128. The summed E-state index contributed by atoms with van der Waals surface area (Å²) in [6.45, 7) is 3.87. The Balaban J connectivity index is 2.30. The molecule has 0 atom stereocenters. The van der Waals surface area contributed by atoms with Gasteiger partial charge in [0.15, 0.2) is 5.75 Å². The second-order valence-electron chi connectivity index (χ2n) is 3.89. The van der Waals surface area contributed by atoms with E-state index in [9.17, 15) is 4.53 Å². The third-order valence-electron chi connectivity index (χ3n) is 2.61. The number of hydrogen-bond donors (Lipinski definition) is 1. The van der Waals surface area contributed by atoms with Gasteiger partial charge in [-0.2, -0.15) is 0 Å². The van der Waals surface area contributed by atoms with Crippen LogP contribution in [-0.4, -0.2) is 12.9 Å². The first-order chi connectivity index (χ1) is 9.13. The Morgan fingerprint density at radius 3 is 2.89 bits per heavy atom. The SMILES string of the molecule is C=C(/C=C\C(N)=NC)c1cc2cc(OF)ccc2o1. The van der Waals surface area contributed by atoms with Crippen molar-refractivity contribution in [1.82, 2.24) is 0 Å². The Bertz CT molecular complexity index is 671. The fourth-order valence-corrected chi connectivity index (χ4v) is 1.57. The minimum absolute atomic E-state index is 0.128. The Morgan fingerprint density at radius 1 is 1.42 bits per heavy atom. The van der Waals surface area contributed by atoms with Gasteiger partial charge in [-0.1, -0.05) is 6.58 Å². The van der Waals surface area contributed by atoms with Crippen molar-refractivity contribution in [3.8, 4) is 5.75 Å². The van der Waals surface area contributed by atoms with E-state index in [1.54, 1.807) is 37.4 Å². The van der Waals surface area contributed by atoms with Gasteiger partial charge >= 0.3 is 0 Å². The molecule has 4 nitrogen and oxygen atoms in total. The molecule has 1 aromatic heterocycles. The predicted molar refractivity (Wildman–Crippen MR) is 73.7 cm³/mol. The van der Waals surface area contributed by atoms with Gasteiger partial charge in [0.2, 0.25) is 0 Å². The highest BCUT2D eigenvalue weighted by atomic mass is 19.3. The summed E-state index contributed by atoms with van der Waals surface area (Å²) in [6, 6.07) is 6.41. The van der Waals surface area contributed by atoms with Crippen LogP contribution in [0.3, 0.4) is 0 Å². The fraction of sp³-hybridized carbons (Fsp3) is 0.0714. The zero-order chi connectivity index (χ0) is 13.8. The number of rotatable bonds is 4. The van der Waals surface area contributed by atoms with Crippen molar-refractivity contribution in [2.24, 2.45) is 10.7 Å². The van der Waals surface area contributed by atoms with Crippen LogP contribution < -0.4 is 10.7 Å². The zero-order valence-corrected chi connectivity index (χ0v) is 10.4. The van der Waals surface area contributed by atoms with Crippen molar-refractivity contribution < 1.29 is 13.9 Å². The van der Waals surface area contributed by atoms with Crippen molar-refractivity contribution in [3.63, 3.8) is 0 Å². The van der Waals surface area contributed by atoms with Gasteiger partial charge in [-0.3, -0.25) is 9.93 Å². The monoisotopic (exact) mass is 260 g/mol. The number of nitrogens with zero attached hydrogens (tertiary/aromatic N) is 1. The molecular formula is C14H13FN2O2. The lowest BCUT2D eigenvalue weighted by Crippen LogP contribution is -2.06. The third kappa shape index (κ3) is 2.82. The molecule has 5 heteroatoms. The van der Waals surface area contributed by atoms with Crippen LogP contribution in [0.2, 0.25) is 0 Å². The lowest BCUT2D eigenvalue weighted by molar-refractivity contribution is -0.00604. The number of hydrogen-bond acceptors (Lipinski definition) is 3. The summed E-state index contributed by atoms with van der Waals surface area (Å²) in [5, 5.41) is 0.733. The van der Waals surface area contributed by atoms with Crippen molar-refractivity contribution in [1.29, 1.82) is 0 Å². The molecule has 0 aliphatic carbocycles. The molecule has 0 radical (unpaired) electrons. The zero-order valence-electron chi connectivity index (χ0n) is 10.4. The topological polar surface area (TPSA) is 60.8 Å². The minimum Gasteiger partial charge on any atom is -0.456 e. The van der Waals surface area contributed by atoms with E-state index in [4.69, 9.17) is 10.2 Å². The summed E-state index contributed by atoms with van der Waals surface area (Å²) in [5.74, 6) is 1.10. The van der Waals surface area contributed by atoms with Gasteiger partial charge in [-0.05, 0) is 36.4 Å². The van der Waals surface area contributed by atoms with Crippen molar-refractivity contribution in [3.05, 3.63) is 48.8 Å². The smallest absolute Gasteiger partial charge is 0.172 e. The van der Waals surface area contributed by atoms with Crippen LogP contribution in [0.15, 0.2) is 52.4 Å². The summed E-state index contributed by atoms with van der Waals surface area (Å²) in [5.41, 5.74) is 6.82. The molecular weight excluding hydrogens is 247 g/mol. The van der Waals surface area contributed by atoms with Gasteiger partial charge in [0.05, 0.1) is 0 Å². The molecule has 1 aromatic carbocycles. The Kier molecular flexibility index (Phi) is 3.66. The van der Waals surface area contributed by atoms with Crippen LogP contribution in [0.5, 0.6) is 5.75 Å². The standard InChI is InChI=1S/C14H13FN2O2/c1-9(3-6-14(16)17-2)13-8-10-7-11(19-15)4-5-12(10)18-13/h3-8H,1H2,2H3,(H2,16,17)/b6-3-. The number of allylic oxidation sites excluding steroid dienone is 2. The van der Waals surface area contributed by atoms with Crippen LogP contribution in [0.25, 0.3) is 16.5 Å². The molecule has 0 aliphatic heterocycles. The molecule has 2 rings (SSSR count). The van der Waals surface area contributed by atoms with Crippen LogP contribution in [0.1, 0.15) is 5.76 Å². The van der Waals surface area contributed by atoms with E-state index in [-0.39, 0.29) is 5.75 Å². The molecule has 0 bridgehead atoms. The predicted octanol–water partition coefficient (Wildman–Crippen LogP) is 3.25. The van der Waals surface area contributed by atoms with Crippen LogP contribution in [-0.2, 0) is 0 Å². The van der Waals surface area contributed by atoms with Crippen molar-refractivity contribution >= 4 is 22.4 Å². The van der Waals surface area contributed by atoms with E-state index in [2.05, 4.69) is 16.5 Å². The second-order valence-corrected chi connectivity index (χ2v) is 3.89. The van der Waals surface area contributed by atoms with Crippen molar-refractivity contribution in [2.75, 3.05) is 7.05 Å². The average Bonchev–Trinajstić information content (AvgIpc) is 2.86. The number of halogens is 1. The first-order valence-corrected chi connectivity index (χ1v) is 5.56. The Hall–Kier alpha value is -2.56. The van der Waals surface area contributed by atoms with Crippen molar-refractivity contribution in [2.45, 2.75) is 0 Å². The van der Waals surface area contributed by atoms with Gasteiger partial charge in [-0.25, -0.2) is 0 Å². The molecule has 0 amide bonds. The van der Waals surface area contributed by atoms with E-state index >= 15 is 0 Å². The maximum absolute atomic E-state index is 12.1. The molecule has 0 fully saturated rings. The molecule has 0 aliphatic rings. The van der Waals surface area contributed by atoms with Crippen LogP contribution in [0.4, 0.5) is 4.53 Å².